The molecule has 0 bridgehead atoms. The molecule has 0 aliphatic carbocycles. The molecular weight excluding hydrogens is 375 g/mol. The van der Waals surface area contributed by atoms with Crippen LogP contribution in [0.1, 0.15) is 17.5 Å². The molecule has 8 heteroatoms. The van der Waals surface area contributed by atoms with Gasteiger partial charge in [-0.15, -0.1) is 11.3 Å². The summed E-state index contributed by atoms with van der Waals surface area (Å²) in [7, 11) is 1.78. The SMILES string of the molecule is C[C@H](C(=O)Nc1cccc(C(F)(F)F)c1)N(C)Cc1nc2ccccc2s1. The summed E-state index contributed by atoms with van der Waals surface area (Å²) in [5, 5.41) is 3.42. The number of benzene rings is 2. The van der Waals surface area contributed by atoms with Gasteiger partial charge in [-0.2, -0.15) is 13.2 Å². The van der Waals surface area contributed by atoms with E-state index in [1.54, 1.807) is 30.2 Å². The van der Waals surface area contributed by atoms with Gasteiger partial charge in [-0.3, -0.25) is 9.69 Å². The maximum atomic E-state index is 12.8. The number of anilines is 1. The van der Waals surface area contributed by atoms with Gasteiger partial charge in [-0.1, -0.05) is 18.2 Å². The third kappa shape index (κ3) is 4.64. The maximum Gasteiger partial charge on any atom is 0.416 e. The molecule has 0 aliphatic rings. The van der Waals surface area contributed by atoms with Crippen LogP contribution in [0.25, 0.3) is 10.2 Å². The third-order valence-electron chi connectivity index (χ3n) is 4.22. The molecule has 0 fully saturated rings. The van der Waals surface area contributed by atoms with Crippen molar-refractivity contribution in [2.75, 3.05) is 12.4 Å². The lowest BCUT2D eigenvalue weighted by Crippen LogP contribution is -2.39. The Balaban J connectivity index is 1.66. The minimum Gasteiger partial charge on any atom is -0.325 e. The van der Waals surface area contributed by atoms with Crippen LogP contribution in [-0.4, -0.2) is 28.9 Å². The Labute approximate surface area is 158 Å². The van der Waals surface area contributed by atoms with Crippen molar-refractivity contribution < 1.29 is 18.0 Å². The van der Waals surface area contributed by atoms with Crippen LogP contribution in [-0.2, 0) is 17.5 Å². The van der Waals surface area contributed by atoms with Crippen LogP contribution in [0.15, 0.2) is 48.5 Å². The fourth-order valence-electron chi connectivity index (χ4n) is 2.56. The predicted octanol–water partition coefficient (Wildman–Crippen LogP) is 4.77. The number of fused-ring (bicyclic) bond motifs is 1. The lowest BCUT2D eigenvalue weighted by atomic mass is 10.2. The highest BCUT2D eigenvalue weighted by Crippen LogP contribution is 2.30. The van der Waals surface area contributed by atoms with Crippen molar-refractivity contribution in [2.24, 2.45) is 0 Å². The molecule has 3 rings (SSSR count). The Morgan fingerprint density at radius 1 is 1.22 bits per heavy atom. The Morgan fingerprint density at radius 2 is 1.96 bits per heavy atom. The molecule has 142 valence electrons. The van der Waals surface area contributed by atoms with Gasteiger partial charge in [0.1, 0.15) is 5.01 Å². The number of para-hydroxylation sites is 1. The fourth-order valence-corrected chi connectivity index (χ4v) is 3.59. The number of aromatic nitrogens is 1. The van der Waals surface area contributed by atoms with Crippen LogP contribution < -0.4 is 5.32 Å². The van der Waals surface area contributed by atoms with Crippen molar-refractivity contribution in [3.8, 4) is 0 Å². The van der Waals surface area contributed by atoms with Crippen molar-refractivity contribution in [2.45, 2.75) is 25.7 Å². The van der Waals surface area contributed by atoms with Crippen molar-refractivity contribution >= 4 is 33.1 Å². The summed E-state index contributed by atoms with van der Waals surface area (Å²) in [5.74, 6) is -0.377. The predicted molar refractivity (Wildman–Crippen MR) is 101 cm³/mol. The number of halogens is 3. The standard InChI is InChI=1S/C19H18F3N3OS/c1-12(18(26)23-14-7-5-6-13(10-14)19(20,21)22)25(2)11-17-24-15-8-3-4-9-16(15)27-17/h3-10,12H,11H2,1-2H3,(H,23,26)/t12-/m1/s1. The van der Waals surface area contributed by atoms with Crippen molar-refractivity contribution in [1.29, 1.82) is 0 Å². The Bertz CT molecular complexity index is 922. The summed E-state index contributed by atoms with van der Waals surface area (Å²) in [6, 6.07) is 11.9. The molecule has 0 unspecified atom stereocenters. The second-order valence-electron chi connectivity index (χ2n) is 6.23. The molecule has 2 aromatic carbocycles. The summed E-state index contributed by atoms with van der Waals surface area (Å²) in [6.45, 7) is 2.17. The summed E-state index contributed by atoms with van der Waals surface area (Å²) >= 11 is 1.55. The van der Waals surface area contributed by atoms with Gasteiger partial charge >= 0.3 is 6.18 Å². The van der Waals surface area contributed by atoms with Crippen LogP contribution >= 0.6 is 11.3 Å². The highest BCUT2D eigenvalue weighted by Gasteiger charge is 2.30. The molecule has 0 radical (unpaired) electrons. The van der Waals surface area contributed by atoms with E-state index in [9.17, 15) is 18.0 Å². The molecule has 1 N–H and O–H groups in total. The van der Waals surface area contributed by atoms with E-state index >= 15 is 0 Å². The van der Waals surface area contributed by atoms with Gasteiger partial charge in [0.2, 0.25) is 5.91 Å². The number of likely N-dealkylation sites (N-methyl/N-ethyl adjacent to an activating group) is 1. The van der Waals surface area contributed by atoms with Crippen LogP contribution in [0, 0.1) is 0 Å². The molecule has 0 spiro atoms. The molecule has 1 amide bonds. The van der Waals surface area contributed by atoms with E-state index in [0.29, 0.717) is 6.54 Å². The zero-order valence-electron chi connectivity index (χ0n) is 14.7. The van der Waals surface area contributed by atoms with E-state index in [2.05, 4.69) is 10.3 Å². The zero-order chi connectivity index (χ0) is 19.6. The van der Waals surface area contributed by atoms with Crippen LogP contribution in [0.4, 0.5) is 18.9 Å². The zero-order valence-corrected chi connectivity index (χ0v) is 15.6. The molecular formula is C19H18F3N3OS. The van der Waals surface area contributed by atoms with Crippen LogP contribution in [0.2, 0.25) is 0 Å². The number of alkyl halides is 3. The first-order valence-corrected chi connectivity index (χ1v) is 9.08. The first kappa shape index (κ1) is 19.3. The number of nitrogens with one attached hydrogen (secondary N) is 1. The van der Waals surface area contributed by atoms with Gasteiger partial charge in [0, 0.05) is 5.69 Å². The second-order valence-corrected chi connectivity index (χ2v) is 7.35. The number of hydrogen-bond donors (Lipinski definition) is 1. The second kappa shape index (κ2) is 7.66. The van der Waals surface area contributed by atoms with Crippen LogP contribution in [0.3, 0.4) is 0 Å². The number of thiazole rings is 1. The smallest absolute Gasteiger partial charge is 0.325 e. The van der Waals surface area contributed by atoms with E-state index < -0.39 is 17.8 Å². The van der Waals surface area contributed by atoms with Crippen molar-refractivity contribution in [3.05, 3.63) is 59.1 Å². The summed E-state index contributed by atoms with van der Waals surface area (Å²) in [5.41, 5.74) is 0.234. The monoisotopic (exact) mass is 393 g/mol. The van der Waals surface area contributed by atoms with E-state index in [4.69, 9.17) is 0 Å². The maximum absolute atomic E-state index is 12.8. The van der Waals surface area contributed by atoms with Crippen molar-refractivity contribution in [1.82, 2.24) is 9.88 Å². The Kier molecular flexibility index (Phi) is 5.48. The van der Waals surface area contributed by atoms with Crippen molar-refractivity contribution in [3.63, 3.8) is 0 Å². The van der Waals surface area contributed by atoms with Gasteiger partial charge in [0.25, 0.3) is 0 Å². The summed E-state index contributed by atoms with van der Waals surface area (Å²) in [6.07, 6.45) is -4.45. The quantitative estimate of drug-likeness (QED) is 0.679. The lowest BCUT2D eigenvalue weighted by Gasteiger charge is -2.23. The lowest BCUT2D eigenvalue weighted by molar-refractivity contribution is -0.137. The highest BCUT2D eigenvalue weighted by atomic mass is 32.1. The number of amides is 1. The van der Waals surface area contributed by atoms with E-state index in [-0.39, 0.29) is 11.6 Å². The number of hydrogen-bond acceptors (Lipinski definition) is 4. The van der Waals surface area contributed by atoms with Gasteiger partial charge < -0.3 is 5.32 Å². The van der Waals surface area contributed by atoms with Gasteiger partial charge in [0.15, 0.2) is 0 Å². The number of carbonyl (C=O) groups excluding carboxylic acids is 1. The van der Waals surface area contributed by atoms with Gasteiger partial charge in [0.05, 0.1) is 28.4 Å². The molecule has 27 heavy (non-hydrogen) atoms. The largest absolute Gasteiger partial charge is 0.416 e. The normalized spacial score (nSPS) is 13.1. The molecule has 1 atom stereocenters. The highest BCUT2D eigenvalue weighted by molar-refractivity contribution is 7.18. The Morgan fingerprint density at radius 3 is 2.67 bits per heavy atom. The first-order valence-electron chi connectivity index (χ1n) is 8.27. The van der Waals surface area contributed by atoms with Gasteiger partial charge in [-0.25, -0.2) is 4.98 Å². The summed E-state index contributed by atoms with van der Waals surface area (Å²) < 4.78 is 39.5. The molecule has 1 aromatic heterocycles. The molecule has 0 saturated heterocycles. The van der Waals surface area contributed by atoms with Crippen LogP contribution in [0.5, 0.6) is 0 Å². The topological polar surface area (TPSA) is 45.2 Å². The molecule has 4 nitrogen and oxygen atoms in total. The summed E-state index contributed by atoms with van der Waals surface area (Å²) in [4.78, 5) is 18.8. The van der Waals surface area contributed by atoms with E-state index in [1.807, 2.05) is 24.3 Å². The molecule has 1 heterocycles. The average Bonchev–Trinajstić information content (AvgIpc) is 3.02. The average molecular weight is 393 g/mol. The fraction of sp³-hybridized carbons (Fsp3) is 0.263. The minimum atomic E-state index is -4.45. The molecule has 3 aromatic rings. The number of nitrogens with zero attached hydrogens (tertiary/aromatic N) is 2. The number of rotatable bonds is 5. The molecule has 0 saturated carbocycles. The van der Waals surface area contributed by atoms with E-state index in [0.717, 1.165) is 27.4 Å². The van der Waals surface area contributed by atoms with Gasteiger partial charge in [-0.05, 0) is 44.3 Å². The minimum absolute atomic E-state index is 0.120. The third-order valence-corrected chi connectivity index (χ3v) is 5.24. The Hall–Kier alpha value is -2.45. The molecule has 0 aliphatic heterocycles. The van der Waals surface area contributed by atoms with E-state index in [1.165, 1.54) is 12.1 Å². The first-order chi connectivity index (χ1) is 12.7. The number of carbonyl (C=O) groups is 1.